The molecule has 0 radical (unpaired) electrons. The lowest BCUT2D eigenvalue weighted by atomic mass is 10.2. The average Bonchev–Trinajstić information content (AvgIpc) is 3.18. The fourth-order valence-corrected chi connectivity index (χ4v) is 3.63. The summed E-state index contributed by atoms with van der Waals surface area (Å²) in [5, 5.41) is 6.95. The molecule has 1 fully saturated rings. The molecule has 1 aliphatic rings. The van der Waals surface area contributed by atoms with Crippen LogP contribution in [0.2, 0.25) is 0 Å². The number of aliphatic imine (C=N–C) groups is 1. The molecule has 24 heavy (non-hydrogen) atoms. The molecular formula is C18H24N4OS. The number of piperazine rings is 1. The van der Waals surface area contributed by atoms with Gasteiger partial charge in [-0.05, 0) is 35.2 Å². The number of guanidine groups is 1. The van der Waals surface area contributed by atoms with E-state index in [2.05, 4.69) is 49.8 Å². The molecule has 1 aromatic heterocycles. The molecule has 2 aromatic rings. The lowest BCUT2D eigenvalue weighted by molar-refractivity contribution is 0.373. The smallest absolute Gasteiger partial charge is 0.194 e. The van der Waals surface area contributed by atoms with Crippen LogP contribution >= 0.6 is 11.3 Å². The molecule has 0 atom stereocenters. The van der Waals surface area contributed by atoms with E-state index in [0.717, 1.165) is 44.4 Å². The molecule has 1 N–H and O–H groups in total. The van der Waals surface area contributed by atoms with E-state index < -0.39 is 0 Å². The maximum Gasteiger partial charge on any atom is 0.194 e. The monoisotopic (exact) mass is 344 g/mol. The van der Waals surface area contributed by atoms with E-state index in [1.54, 1.807) is 18.4 Å². The van der Waals surface area contributed by atoms with E-state index in [1.807, 2.05) is 19.2 Å². The van der Waals surface area contributed by atoms with Gasteiger partial charge in [-0.25, -0.2) is 0 Å². The van der Waals surface area contributed by atoms with Gasteiger partial charge in [-0.3, -0.25) is 4.99 Å². The van der Waals surface area contributed by atoms with E-state index >= 15 is 0 Å². The molecule has 3 rings (SSSR count). The normalized spacial score (nSPS) is 15.5. The zero-order chi connectivity index (χ0) is 16.8. The highest BCUT2D eigenvalue weighted by atomic mass is 32.1. The predicted molar refractivity (Wildman–Crippen MR) is 101 cm³/mol. The second kappa shape index (κ2) is 8.06. The van der Waals surface area contributed by atoms with Gasteiger partial charge < -0.3 is 19.9 Å². The molecule has 0 bridgehead atoms. The summed E-state index contributed by atoms with van der Waals surface area (Å²) in [7, 11) is 3.53. The van der Waals surface area contributed by atoms with Crippen LogP contribution < -0.4 is 15.0 Å². The Morgan fingerprint density at radius 3 is 2.50 bits per heavy atom. The molecular weight excluding hydrogens is 320 g/mol. The first-order valence-electron chi connectivity index (χ1n) is 8.17. The van der Waals surface area contributed by atoms with Crippen molar-refractivity contribution in [2.45, 2.75) is 6.54 Å². The van der Waals surface area contributed by atoms with Crippen molar-refractivity contribution in [2.24, 2.45) is 4.99 Å². The highest BCUT2D eigenvalue weighted by Crippen LogP contribution is 2.22. The molecule has 0 spiro atoms. The van der Waals surface area contributed by atoms with Crippen LogP contribution in [0.5, 0.6) is 5.75 Å². The molecule has 6 heteroatoms. The van der Waals surface area contributed by atoms with Crippen molar-refractivity contribution in [1.29, 1.82) is 0 Å². The number of nitrogens with zero attached hydrogens (tertiary/aromatic N) is 3. The maximum atomic E-state index is 5.20. The topological polar surface area (TPSA) is 40.1 Å². The van der Waals surface area contributed by atoms with Crippen LogP contribution in [0.1, 0.15) is 5.56 Å². The number of ether oxygens (including phenoxy) is 1. The third-order valence-electron chi connectivity index (χ3n) is 4.22. The SMILES string of the molecule is CN=C(NCc1ccc(OC)cc1)N1CCN(c2cccs2)CC1. The van der Waals surface area contributed by atoms with Gasteiger partial charge in [0, 0.05) is 39.8 Å². The first kappa shape index (κ1) is 16.6. The summed E-state index contributed by atoms with van der Waals surface area (Å²) >= 11 is 1.81. The number of nitrogens with one attached hydrogen (secondary N) is 1. The largest absolute Gasteiger partial charge is 0.497 e. The second-order valence-electron chi connectivity index (χ2n) is 5.67. The van der Waals surface area contributed by atoms with Crippen LogP contribution in [0.15, 0.2) is 46.8 Å². The minimum atomic E-state index is 0.766. The van der Waals surface area contributed by atoms with Gasteiger partial charge in [0.25, 0.3) is 0 Å². The number of hydrogen-bond acceptors (Lipinski definition) is 4. The van der Waals surface area contributed by atoms with Crippen molar-refractivity contribution in [3.05, 3.63) is 47.3 Å². The Labute approximate surface area is 147 Å². The summed E-state index contributed by atoms with van der Waals surface area (Å²) in [5.41, 5.74) is 1.22. The molecule has 1 aliphatic heterocycles. The molecule has 5 nitrogen and oxygen atoms in total. The van der Waals surface area contributed by atoms with Gasteiger partial charge >= 0.3 is 0 Å². The maximum absolute atomic E-state index is 5.20. The van der Waals surface area contributed by atoms with Crippen molar-refractivity contribution in [1.82, 2.24) is 10.2 Å². The first-order valence-corrected chi connectivity index (χ1v) is 9.05. The molecule has 1 aromatic carbocycles. The van der Waals surface area contributed by atoms with Crippen molar-refractivity contribution >= 4 is 22.3 Å². The molecule has 1 saturated heterocycles. The Hall–Kier alpha value is -2.21. The zero-order valence-electron chi connectivity index (χ0n) is 14.2. The summed E-state index contributed by atoms with van der Waals surface area (Å²) in [6, 6.07) is 12.4. The highest BCUT2D eigenvalue weighted by Gasteiger charge is 2.20. The van der Waals surface area contributed by atoms with E-state index in [1.165, 1.54) is 10.6 Å². The summed E-state index contributed by atoms with van der Waals surface area (Å²) in [4.78, 5) is 9.21. The average molecular weight is 344 g/mol. The molecule has 0 amide bonds. The fraction of sp³-hybridized carbons (Fsp3) is 0.389. The molecule has 0 unspecified atom stereocenters. The Morgan fingerprint density at radius 2 is 1.92 bits per heavy atom. The second-order valence-corrected chi connectivity index (χ2v) is 6.60. The van der Waals surface area contributed by atoms with Gasteiger partial charge in [-0.2, -0.15) is 0 Å². The van der Waals surface area contributed by atoms with Gasteiger partial charge in [0.1, 0.15) is 5.75 Å². The summed E-state index contributed by atoms with van der Waals surface area (Å²) < 4.78 is 5.20. The zero-order valence-corrected chi connectivity index (χ0v) is 15.1. The van der Waals surface area contributed by atoms with Crippen molar-refractivity contribution < 1.29 is 4.74 Å². The molecule has 128 valence electrons. The Morgan fingerprint density at radius 1 is 1.17 bits per heavy atom. The molecule has 2 heterocycles. The van der Waals surface area contributed by atoms with E-state index in [0.29, 0.717) is 0 Å². The van der Waals surface area contributed by atoms with Crippen molar-refractivity contribution in [3.8, 4) is 5.75 Å². The van der Waals surface area contributed by atoms with Gasteiger partial charge in [-0.1, -0.05) is 12.1 Å². The van der Waals surface area contributed by atoms with Gasteiger partial charge in [0.2, 0.25) is 0 Å². The minimum Gasteiger partial charge on any atom is -0.497 e. The van der Waals surface area contributed by atoms with E-state index in [-0.39, 0.29) is 0 Å². The van der Waals surface area contributed by atoms with E-state index in [9.17, 15) is 0 Å². The standard InChI is InChI=1S/C18H24N4OS/c1-19-18(20-14-15-5-7-16(23-2)8-6-15)22-11-9-21(10-12-22)17-4-3-13-24-17/h3-8,13H,9-12,14H2,1-2H3,(H,19,20). The minimum absolute atomic E-state index is 0.766. The van der Waals surface area contributed by atoms with Gasteiger partial charge in [0.05, 0.1) is 12.1 Å². The van der Waals surface area contributed by atoms with Crippen LogP contribution in [-0.2, 0) is 6.54 Å². The van der Waals surface area contributed by atoms with Crippen molar-refractivity contribution in [3.63, 3.8) is 0 Å². The Kier molecular flexibility index (Phi) is 5.59. The fourth-order valence-electron chi connectivity index (χ4n) is 2.85. The quantitative estimate of drug-likeness (QED) is 0.684. The number of anilines is 1. The molecule has 0 saturated carbocycles. The first-order chi connectivity index (χ1) is 11.8. The number of thiophene rings is 1. The molecule has 0 aliphatic carbocycles. The van der Waals surface area contributed by atoms with E-state index in [4.69, 9.17) is 4.74 Å². The number of rotatable bonds is 4. The lowest BCUT2D eigenvalue weighted by Gasteiger charge is -2.37. The van der Waals surface area contributed by atoms with Crippen molar-refractivity contribution in [2.75, 3.05) is 45.2 Å². The third kappa shape index (κ3) is 4.00. The number of methoxy groups -OCH3 is 1. The summed E-state index contributed by atoms with van der Waals surface area (Å²) in [5.74, 6) is 1.85. The Balaban J connectivity index is 1.51. The Bertz CT molecular complexity index is 646. The predicted octanol–water partition coefficient (Wildman–Crippen LogP) is 2.65. The number of benzene rings is 1. The van der Waals surface area contributed by atoms with Crippen LogP contribution in [0.25, 0.3) is 0 Å². The summed E-state index contributed by atoms with van der Waals surface area (Å²) in [6.45, 7) is 4.80. The third-order valence-corrected chi connectivity index (χ3v) is 5.15. The summed E-state index contributed by atoms with van der Waals surface area (Å²) in [6.07, 6.45) is 0. The van der Waals surface area contributed by atoms with Crippen LogP contribution in [0.3, 0.4) is 0 Å². The van der Waals surface area contributed by atoms with Crippen LogP contribution in [0, 0.1) is 0 Å². The van der Waals surface area contributed by atoms with Crippen LogP contribution in [-0.4, -0.2) is 51.2 Å². The van der Waals surface area contributed by atoms with Gasteiger partial charge in [-0.15, -0.1) is 11.3 Å². The van der Waals surface area contributed by atoms with Crippen LogP contribution in [0.4, 0.5) is 5.00 Å². The number of hydrogen-bond donors (Lipinski definition) is 1. The highest BCUT2D eigenvalue weighted by molar-refractivity contribution is 7.14. The van der Waals surface area contributed by atoms with Gasteiger partial charge in [0.15, 0.2) is 5.96 Å². The lowest BCUT2D eigenvalue weighted by Crippen LogP contribution is -2.52.